The SMILES string of the molecule is CCCOC(=O)c1ccc(NC(=O)COC(=O)CCC(=O)Nc2ccc(C)cc2)cc1. The summed E-state index contributed by atoms with van der Waals surface area (Å²) in [7, 11) is 0. The van der Waals surface area contributed by atoms with Crippen molar-refractivity contribution in [3.05, 3.63) is 59.7 Å². The van der Waals surface area contributed by atoms with Gasteiger partial charge in [0.15, 0.2) is 6.61 Å². The normalized spacial score (nSPS) is 10.1. The van der Waals surface area contributed by atoms with E-state index >= 15 is 0 Å². The van der Waals surface area contributed by atoms with E-state index in [4.69, 9.17) is 9.47 Å². The van der Waals surface area contributed by atoms with Crippen LogP contribution in [0.15, 0.2) is 48.5 Å². The first-order valence-electron chi connectivity index (χ1n) is 9.96. The number of hydrogen-bond acceptors (Lipinski definition) is 6. The molecule has 0 aliphatic heterocycles. The molecule has 2 amide bonds. The summed E-state index contributed by atoms with van der Waals surface area (Å²) < 4.78 is 9.92. The first-order chi connectivity index (χ1) is 14.9. The Hall–Kier alpha value is -3.68. The molecule has 2 N–H and O–H groups in total. The molecule has 31 heavy (non-hydrogen) atoms. The van der Waals surface area contributed by atoms with Gasteiger partial charge >= 0.3 is 11.9 Å². The molecule has 0 unspecified atom stereocenters. The van der Waals surface area contributed by atoms with E-state index in [1.54, 1.807) is 24.3 Å². The van der Waals surface area contributed by atoms with Crippen molar-refractivity contribution in [2.75, 3.05) is 23.8 Å². The number of amides is 2. The van der Waals surface area contributed by atoms with Gasteiger partial charge in [0.2, 0.25) is 5.91 Å². The van der Waals surface area contributed by atoms with E-state index < -0.39 is 24.5 Å². The minimum Gasteiger partial charge on any atom is -0.462 e. The number of rotatable bonds is 10. The summed E-state index contributed by atoms with van der Waals surface area (Å²) in [6.45, 7) is 3.71. The lowest BCUT2D eigenvalue weighted by Gasteiger charge is -2.08. The van der Waals surface area contributed by atoms with Gasteiger partial charge in [0.1, 0.15) is 0 Å². The van der Waals surface area contributed by atoms with Crippen molar-refractivity contribution >= 4 is 35.1 Å². The van der Waals surface area contributed by atoms with E-state index in [9.17, 15) is 19.2 Å². The molecule has 0 spiro atoms. The number of carbonyl (C=O) groups is 4. The summed E-state index contributed by atoms with van der Waals surface area (Å²) in [5.41, 5.74) is 2.55. The molecule has 0 fully saturated rings. The average Bonchev–Trinajstić information content (AvgIpc) is 2.76. The van der Waals surface area contributed by atoms with E-state index in [1.165, 1.54) is 12.1 Å². The molecular weight excluding hydrogens is 400 g/mol. The van der Waals surface area contributed by atoms with Gasteiger partial charge in [-0.05, 0) is 49.7 Å². The Labute approximate surface area is 180 Å². The van der Waals surface area contributed by atoms with Gasteiger partial charge in [-0.2, -0.15) is 0 Å². The maximum Gasteiger partial charge on any atom is 0.338 e. The molecule has 8 heteroatoms. The summed E-state index contributed by atoms with van der Waals surface area (Å²) in [6, 6.07) is 13.5. The highest BCUT2D eigenvalue weighted by Gasteiger charge is 2.12. The van der Waals surface area contributed by atoms with Crippen molar-refractivity contribution < 1.29 is 28.7 Å². The smallest absolute Gasteiger partial charge is 0.338 e. The molecule has 0 bridgehead atoms. The zero-order valence-electron chi connectivity index (χ0n) is 17.6. The molecule has 0 atom stereocenters. The minimum atomic E-state index is -0.650. The second-order valence-corrected chi connectivity index (χ2v) is 6.84. The molecule has 0 aromatic heterocycles. The van der Waals surface area contributed by atoms with E-state index in [0.717, 1.165) is 12.0 Å². The number of aryl methyl sites for hydroxylation is 1. The Morgan fingerprint density at radius 2 is 1.35 bits per heavy atom. The number of ether oxygens (including phenoxy) is 2. The Morgan fingerprint density at radius 1 is 0.774 bits per heavy atom. The Kier molecular flexibility index (Phi) is 9.22. The molecule has 164 valence electrons. The third-order valence-corrected chi connectivity index (χ3v) is 4.10. The molecule has 0 aliphatic rings. The predicted octanol–water partition coefficient (Wildman–Crippen LogP) is 3.46. The van der Waals surface area contributed by atoms with Crippen LogP contribution in [0.5, 0.6) is 0 Å². The Morgan fingerprint density at radius 3 is 1.97 bits per heavy atom. The van der Waals surface area contributed by atoms with Crippen molar-refractivity contribution in [3.8, 4) is 0 Å². The van der Waals surface area contributed by atoms with E-state index in [0.29, 0.717) is 23.5 Å². The number of nitrogens with one attached hydrogen (secondary N) is 2. The van der Waals surface area contributed by atoms with E-state index in [1.807, 2.05) is 26.0 Å². The highest BCUT2D eigenvalue weighted by atomic mass is 16.5. The van der Waals surface area contributed by atoms with Gasteiger partial charge in [-0.15, -0.1) is 0 Å². The lowest BCUT2D eigenvalue weighted by Crippen LogP contribution is -2.21. The van der Waals surface area contributed by atoms with E-state index in [2.05, 4.69) is 10.6 Å². The van der Waals surface area contributed by atoms with Crippen LogP contribution in [0.3, 0.4) is 0 Å². The maximum atomic E-state index is 11.9. The third kappa shape index (κ3) is 8.69. The molecule has 0 radical (unpaired) electrons. The van der Waals surface area contributed by atoms with Crippen LogP contribution < -0.4 is 10.6 Å². The zero-order valence-corrected chi connectivity index (χ0v) is 17.6. The summed E-state index contributed by atoms with van der Waals surface area (Å²) >= 11 is 0. The maximum absolute atomic E-state index is 11.9. The van der Waals surface area contributed by atoms with E-state index in [-0.39, 0.29) is 18.7 Å². The van der Waals surface area contributed by atoms with Crippen molar-refractivity contribution in [2.24, 2.45) is 0 Å². The van der Waals surface area contributed by atoms with Gasteiger partial charge in [-0.3, -0.25) is 14.4 Å². The molecule has 2 rings (SSSR count). The number of hydrogen-bond donors (Lipinski definition) is 2. The molecule has 0 saturated heterocycles. The highest BCUT2D eigenvalue weighted by molar-refractivity contribution is 5.95. The molecule has 2 aromatic carbocycles. The standard InChI is InChI=1S/C23H26N2O6/c1-3-14-30-23(29)17-6-10-19(11-7-17)25-21(27)15-31-22(28)13-12-20(26)24-18-8-4-16(2)5-9-18/h4-11H,3,12-15H2,1-2H3,(H,24,26)(H,25,27). The van der Waals surface area contributed by atoms with Gasteiger partial charge in [-0.1, -0.05) is 24.6 Å². The third-order valence-electron chi connectivity index (χ3n) is 4.10. The molecular formula is C23H26N2O6. The second kappa shape index (κ2) is 12.1. The fraction of sp³-hybridized carbons (Fsp3) is 0.304. The number of carbonyl (C=O) groups excluding carboxylic acids is 4. The summed E-state index contributed by atoms with van der Waals surface area (Å²) in [6.07, 6.45) is 0.541. The number of benzene rings is 2. The Bertz CT molecular complexity index is 907. The van der Waals surface area contributed by atoms with Crippen LogP contribution in [0, 0.1) is 6.92 Å². The van der Waals surface area contributed by atoms with Crippen molar-refractivity contribution in [1.82, 2.24) is 0 Å². The predicted molar refractivity (Wildman–Crippen MR) is 116 cm³/mol. The van der Waals surface area contributed by atoms with Crippen LogP contribution in [0.2, 0.25) is 0 Å². The van der Waals surface area contributed by atoms with Gasteiger partial charge in [0.05, 0.1) is 18.6 Å². The van der Waals surface area contributed by atoms with Crippen LogP contribution in [-0.2, 0) is 23.9 Å². The summed E-state index contributed by atoms with van der Waals surface area (Å²) in [5, 5.41) is 5.25. The van der Waals surface area contributed by atoms with Crippen LogP contribution in [0.25, 0.3) is 0 Å². The molecule has 0 heterocycles. The number of anilines is 2. The quantitative estimate of drug-likeness (QED) is 0.563. The topological polar surface area (TPSA) is 111 Å². The van der Waals surface area contributed by atoms with Crippen molar-refractivity contribution in [3.63, 3.8) is 0 Å². The largest absolute Gasteiger partial charge is 0.462 e. The van der Waals surface area contributed by atoms with Crippen molar-refractivity contribution in [2.45, 2.75) is 33.1 Å². The van der Waals surface area contributed by atoms with Crippen LogP contribution >= 0.6 is 0 Å². The zero-order chi connectivity index (χ0) is 22.6. The minimum absolute atomic E-state index is 0.0517. The second-order valence-electron chi connectivity index (χ2n) is 6.84. The molecule has 0 saturated carbocycles. The molecule has 0 aliphatic carbocycles. The first-order valence-corrected chi connectivity index (χ1v) is 9.96. The van der Waals surface area contributed by atoms with Gasteiger partial charge in [0.25, 0.3) is 5.91 Å². The first kappa shape index (κ1) is 23.6. The van der Waals surface area contributed by atoms with Crippen LogP contribution in [0.1, 0.15) is 42.1 Å². The highest BCUT2D eigenvalue weighted by Crippen LogP contribution is 2.11. The lowest BCUT2D eigenvalue weighted by molar-refractivity contribution is -0.147. The Balaban J connectivity index is 1.68. The fourth-order valence-electron chi connectivity index (χ4n) is 2.46. The van der Waals surface area contributed by atoms with Gasteiger partial charge < -0.3 is 20.1 Å². The van der Waals surface area contributed by atoms with Gasteiger partial charge in [-0.25, -0.2) is 4.79 Å². The van der Waals surface area contributed by atoms with Gasteiger partial charge in [0, 0.05) is 17.8 Å². The fourth-order valence-corrected chi connectivity index (χ4v) is 2.46. The average molecular weight is 426 g/mol. The monoisotopic (exact) mass is 426 g/mol. The summed E-state index contributed by atoms with van der Waals surface area (Å²) in [5.74, 6) is -1.93. The number of esters is 2. The van der Waals surface area contributed by atoms with Crippen LogP contribution in [0.4, 0.5) is 11.4 Å². The molecule has 2 aromatic rings. The lowest BCUT2D eigenvalue weighted by atomic mass is 10.2. The molecule has 8 nitrogen and oxygen atoms in total. The summed E-state index contributed by atoms with van der Waals surface area (Å²) in [4.78, 5) is 47.3. The van der Waals surface area contributed by atoms with Crippen molar-refractivity contribution in [1.29, 1.82) is 0 Å². The van der Waals surface area contributed by atoms with Crippen LogP contribution in [-0.4, -0.2) is 37.0 Å².